The minimum Gasteiger partial charge on any atom is -0.390 e. The molecule has 2 rings (SSSR count). The van der Waals surface area contributed by atoms with Gasteiger partial charge in [-0.15, -0.1) is 11.3 Å². The molecule has 2 amide bonds. The third-order valence-electron chi connectivity index (χ3n) is 3.53. The van der Waals surface area contributed by atoms with Crippen LogP contribution in [-0.2, 0) is 22.4 Å². The van der Waals surface area contributed by atoms with E-state index in [-0.39, 0.29) is 0 Å². The molecule has 0 bridgehead atoms. The van der Waals surface area contributed by atoms with Gasteiger partial charge in [-0.2, -0.15) is 0 Å². The Labute approximate surface area is 157 Å². The topological polar surface area (TPSA) is 98.7 Å². The minimum atomic E-state index is -1.31. The second-order valence-corrected chi connectivity index (χ2v) is 6.70. The molecule has 1 aromatic carbocycles. The highest BCUT2D eigenvalue weighted by atomic mass is 32.1. The van der Waals surface area contributed by atoms with Gasteiger partial charge >= 0.3 is 0 Å². The molecule has 0 fully saturated rings. The molecule has 0 radical (unpaired) electrons. The number of hydrogen-bond donors (Lipinski definition) is 4. The molecule has 0 aliphatic rings. The molecular formula is C19H26N2O4S. The molecule has 4 N–H and O–H groups in total. The lowest BCUT2D eigenvalue weighted by Crippen LogP contribution is -2.39. The van der Waals surface area contributed by atoms with Crippen LogP contribution in [0.1, 0.15) is 22.9 Å². The molecule has 2 aromatic rings. The first-order valence-corrected chi connectivity index (χ1v) is 9.20. The van der Waals surface area contributed by atoms with Gasteiger partial charge in [0.25, 0.3) is 5.91 Å². The maximum Gasteiger partial charge on any atom is 0.251 e. The van der Waals surface area contributed by atoms with Gasteiger partial charge in [0.2, 0.25) is 6.41 Å². The van der Waals surface area contributed by atoms with Crippen molar-refractivity contribution in [2.24, 2.45) is 0 Å². The van der Waals surface area contributed by atoms with Gasteiger partial charge in [-0.3, -0.25) is 9.59 Å². The number of likely N-dealkylation sites (N-methyl/N-ethyl adjacent to an activating group) is 1. The Bertz CT molecular complexity index is 659. The van der Waals surface area contributed by atoms with E-state index in [1.807, 2.05) is 6.07 Å². The van der Waals surface area contributed by atoms with E-state index in [0.29, 0.717) is 0 Å². The maximum atomic E-state index is 10.4. The molecule has 142 valence electrons. The van der Waals surface area contributed by atoms with Gasteiger partial charge < -0.3 is 20.8 Å². The summed E-state index contributed by atoms with van der Waals surface area (Å²) in [5.74, 6) is -0.565. The van der Waals surface area contributed by atoms with Gasteiger partial charge in [-0.25, -0.2) is 0 Å². The van der Waals surface area contributed by atoms with Crippen molar-refractivity contribution >= 4 is 23.7 Å². The smallest absolute Gasteiger partial charge is 0.251 e. The van der Waals surface area contributed by atoms with Crippen LogP contribution in [0.4, 0.5) is 0 Å². The summed E-state index contributed by atoms with van der Waals surface area (Å²) in [6.45, 7) is 2.06. The first kappa shape index (κ1) is 21.8. The molecule has 0 spiro atoms. The van der Waals surface area contributed by atoms with Crippen LogP contribution in [0.25, 0.3) is 0 Å². The van der Waals surface area contributed by atoms with Crippen LogP contribution in [0.2, 0.25) is 0 Å². The van der Waals surface area contributed by atoms with Crippen molar-refractivity contribution in [3.05, 3.63) is 57.8 Å². The number of nitrogens with one attached hydrogen (secondary N) is 2. The summed E-state index contributed by atoms with van der Waals surface area (Å²) in [6.07, 6.45) is 0.328. The molecular weight excluding hydrogens is 352 g/mol. The normalized spacial score (nSPS) is 12.3. The Morgan fingerprint density at radius 3 is 2.46 bits per heavy atom. The highest BCUT2D eigenvalue weighted by Gasteiger charge is 2.17. The van der Waals surface area contributed by atoms with Gasteiger partial charge in [-0.1, -0.05) is 30.3 Å². The molecule has 26 heavy (non-hydrogen) atoms. The molecule has 0 aliphatic carbocycles. The van der Waals surface area contributed by atoms with Crippen LogP contribution < -0.4 is 10.6 Å². The fraction of sp³-hybridized carbons (Fsp3) is 0.368. The third kappa shape index (κ3) is 8.24. The number of carbonyl (C=O) groups excluding carboxylic acids is 2. The molecule has 2 atom stereocenters. The van der Waals surface area contributed by atoms with Crippen LogP contribution in [0.5, 0.6) is 0 Å². The second kappa shape index (κ2) is 12.2. The fourth-order valence-electron chi connectivity index (χ4n) is 2.10. The van der Waals surface area contributed by atoms with Gasteiger partial charge in [0.15, 0.2) is 6.10 Å². The summed E-state index contributed by atoms with van der Waals surface area (Å²) < 4.78 is 0. The van der Waals surface area contributed by atoms with E-state index >= 15 is 0 Å². The Kier molecular flexibility index (Phi) is 10.2. The Morgan fingerprint density at radius 2 is 1.92 bits per heavy atom. The number of benzene rings is 1. The Morgan fingerprint density at radius 1 is 1.23 bits per heavy atom. The van der Waals surface area contributed by atoms with Crippen LogP contribution in [-0.4, -0.2) is 48.3 Å². The highest BCUT2D eigenvalue weighted by molar-refractivity contribution is 7.10. The Balaban J connectivity index is 0.000000321. The number of aliphatic hydroxyl groups is 2. The quantitative estimate of drug-likeness (QED) is 0.408. The number of carbonyl (C=O) groups is 2. The van der Waals surface area contributed by atoms with Crippen molar-refractivity contribution in [2.45, 2.75) is 32.0 Å². The van der Waals surface area contributed by atoms with Crippen molar-refractivity contribution in [2.75, 3.05) is 13.6 Å². The lowest BCUT2D eigenvalue weighted by molar-refractivity contribution is -0.133. The van der Waals surface area contributed by atoms with Crippen molar-refractivity contribution in [1.29, 1.82) is 0 Å². The largest absolute Gasteiger partial charge is 0.390 e. The van der Waals surface area contributed by atoms with Gasteiger partial charge in [0.1, 0.15) is 0 Å². The molecule has 2 unspecified atom stereocenters. The molecule has 0 aliphatic heterocycles. The fourth-order valence-corrected chi connectivity index (χ4v) is 3.00. The maximum absolute atomic E-state index is 10.4. The van der Waals surface area contributed by atoms with E-state index in [2.05, 4.69) is 46.3 Å². The molecule has 6 nitrogen and oxygen atoms in total. The summed E-state index contributed by atoms with van der Waals surface area (Å²) >= 11 is 1.76. The number of aliphatic hydroxyl groups excluding tert-OH is 2. The van der Waals surface area contributed by atoms with Gasteiger partial charge in [0.05, 0.1) is 6.10 Å². The monoisotopic (exact) mass is 378 g/mol. The minimum absolute atomic E-state index is 0.565. The average Bonchev–Trinajstić information content (AvgIpc) is 3.09. The van der Waals surface area contributed by atoms with Crippen LogP contribution in [0.15, 0.2) is 41.8 Å². The molecule has 1 aromatic heterocycles. The van der Waals surface area contributed by atoms with E-state index in [0.717, 1.165) is 25.8 Å². The zero-order chi connectivity index (χ0) is 19.4. The lowest BCUT2D eigenvalue weighted by Gasteiger charge is -2.10. The molecule has 0 saturated carbocycles. The van der Waals surface area contributed by atoms with E-state index in [9.17, 15) is 9.59 Å². The van der Waals surface area contributed by atoms with Crippen molar-refractivity contribution in [3.8, 4) is 0 Å². The Hall–Kier alpha value is -2.22. The van der Waals surface area contributed by atoms with Crippen LogP contribution >= 0.6 is 11.3 Å². The summed E-state index contributed by atoms with van der Waals surface area (Å²) in [4.78, 5) is 21.9. The van der Waals surface area contributed by atoms with Crippen molar-refractivity contribution < 1.29 is 19.8 Å². The first-order chi connectivity index (χ1) is 12.5. The number of thiophene rings is 1. The average molecular weight is 378 g/mol. The van der Waals surface area contributed by atoms with Crippen LogP contribution in [0.3, 0.4) is 0 Å². The molecule has 1 heterocycles. The second-order valence-electron chi connectivity index (χ2n) is 5.71. The molecule has 7 heteroatoms. The van der Waals surface area contributed by atoms with Crippen molar-refractivity contribution in [1.82, 2.24) is 10.6 Å². The van der Waals surface area contributed by atoms with Crippen molar-refractivity contribution in [3.63, 3.8) is 0 Å². The SMILES string of the molecule is CNC(=O)C(O)C(C)O.O=CNCCc1cc(Cc2ccccc2)cs1. The number of amides is 2. The van der Waals surface area contributed by atoms with E-state index in [4.69, 9.17) is 10.2 Å². The molecule has 0 saturated heterocycles. The van der Waals surface area contributed by atoms with E-state index in [1.54, 1.807) is 11.3 Å². The van der Waals surface area contributed by atoms with Gasteiger partial charge in [0, 0.05) is 18.5 Å². The van der Waals surface area contributed by atoms with E-state index < -0.39 is 18.1 Å². The zero-order valence-corrected chi connectivity index (χ0v) is 15.8. The summed E-state index contributed by atoms with van der Waals surface area (Å²) in [7, 11) is 1.40. The predicted molar refractivity (Wildman–Crippen MR) is 103 cm³/mol. The van der Waals surface area contributed by atoms with Gasteiger partial charge in [-0.05, 0) is 42.3 Å². The zero-order valence-electron chi connectivity index (χ0n) is 15.0. The number of hydrogen-bond acceptors (Lipinski definition) is 5. The van der Waals surface area contributed by atoms with E-state index in [1.165, 1.54) is 30.0 Å². The number of rotatable bonds is 8. The van der Waals surface area contributed by atoms with Crippen LogP contribution in [0, 0.1) is 0 Å². The standard InChI is InChI=1S/C14H15NOS.C5H11NO3/c16-11-15-7-6-14-9-13(10-17-14)8-12-4-2-1-3-5-12;1-3(7)4(8)5(9)6-2/h1-5,9-11H,6-8H2,(H,15,16);3-4,7-8H,1-2H3,(H,6,9). The first-order valence-electron chi connectivity index (χ1n) is 8.33. The third-order valence-corrected chi connectivity index (χ3v) is 4.58. The summed E-state index contributed by atoms with van der Waals surface area (Å²) in [5, 5.41) is 24.4. The lowest BCUT2D eigenvalue weighted by atomic mass is 10.1. The summed E-state index contributed by atoms with van der Waals surface area (Å²) in [5.41, 5.74) is 2.69. The summed E-state index contributed by atoms with van der Waals surface area (Å²) in [6, 6.07) is 12.7. The highest BCUT2D eigenvalue weighted by Crippen LogP contribution is 2.18. The predicted octanol–water partition coefficient (Wildman–Crippen LogP) is 1.10.